The predicted molar refractivity (Wildman–Crippen MR) is 111 cm³/mol. The Hall–Kier alpha value is -2.85. The maximum atomic E-state index is 12.2. The van der Waals surface area contributed by atoms with Crippen molar-refractivity contribution in [3.8, 4) is 0 Å². The quantitative estimate of drug-likeness (QED) is 0.713. The van der Waals surface area contributed by atoms with Crippen molar-refractivity contribution in [2.45, 2.75) is 25.4 Å². The first-order valence-corrected chi connectivity index (χ1v) is 9.59. The van der Waals surface area contributed by atoms with Gasteiger partial charge in [0.15, 0.2) is 0 Å². The van der Waals surface area contributed by atoms with Gasteiger partial charge in [0.2, 0.25) is 0 Å². The number of anilines is 1. The Kier molecular flexibility index (Phi) is 5.35. The van der Waals surface area contributed by atoms with Crippen LogP contribution in [-0.2, 0) is 6.54 Å². The van der Waals surface area contributed by atoms with E-state index in [2.05, 4.69) is 58.0 Å². The van der Waals surface area contributed by atoms with Crippen LogP contribution in [0.2, 0.25) is 0 Å². The van der Waals surface area contributed by atoms with Crippen molar-refractivity contribution >= 4 is 22.5 Å². The number of para-hydroxylation sites is 1. The lowest BCUT2D eigenvalue weighted by Crippen LogP contribution is -2.45. The fraction of sp³-hybridized carbons (Fsp3) is 0.261. The van der Waals surface area contributed by atoms with Crippen molar-refractivity contribution in [2.24, 2.45) is 0 Å². The van der Waals surface area contributed by atoms with Gasteiger partial charge in [-0.15, -0.1) is 0 Å². The minimum atomic E-state index is -0.117. The molecule has 1 aliphatic heterocycles. The second-order valence-electron chi connectivity index (χ2n) is 7.15. The zero-order valence-electron chi connectivity index (χ0n) is 15.4. The molecule has 3 aromatic carbocycles. The third-order valence-electron chi connectivity index (χ3n) is 5.23. The Labute approximate surface area is 160 Å². The van der Waals surface area contributed by atoms with E-state index in [0.717, 1.165) is 38.2 Å². The van der Waals surface area contributed by atoms with E-state index in [1.165, 1.54) is 16.3 Å². The molecule has 3 aromatic rings. The van der Waals surface area contributed by atoms with E-state index in [0.29, 0.717) is 0 Å². The van der Waals surface area contributed by atoms with E-state index in [-0.39, 0.29) is 12.1 Å². The second kappa shape index (κ2) is 8.23. The fourth-order valence-corrected chi connectivity index (χ4v) is 3.78. The first-order valence-electron chi connectivity index (χ1n) is 9.59. The van der Waals surface area contributed by atoms with Gasteiger partial charge in [-0.25, -0.2) is 4.79 Å². The largest absolute Gasteiger partial charge is 0.335 e. The van der Waals surface area contributed by atoms with Crippen molar-refractivity contribution in [3.63, 3.8) is 0 Å². The topological polar surface area (TPSA) is 44.4 Å². The van der Waals surface area contributed by atoms with Crippen LogP contribution in [-0.4, -0.2) is 30.1 Å². The van der Waals surface area contributed by atoms with Gasteiger partial charge in [0, 0.05) is 31.4 Å². The van der Waals surface area contributed by atoms with E-state index in [1.54, 1.807) is 0 Å². The number of amides is 2. The molecule has 138 valence electrons. The number of urea groups is 1. The summed E-state index contributed by atoms with van der Waals surface area (Å²) in [6, 6.07) is 24.8. The predicted octanol–water partition coefficient (Wildman–Crippen LogP) is 4.63. The van der Waals surface area contributed by atoms with Crippen LogP contribution in [0, 0.1) is 0 Å². The Bertz CT molecular complexity index is 896. The van der Waals surface area contributed by atoms with Crippen LogP contribution in [0.1, 0.15) is 18.4 Å². The molecular weight excluding hydrogens is 334 g/mol. The highest BCUT2D eigenvalue weighted by atomic mass is 16.2. The lowest BCUT2D eigenvalue weighted by atomic mass is 10.0. The first-order chi connectivity index (χ1) is 13.3. The van der Waals surface area contributed by atoms with E-state index in [4.69, 9.17) is 0 Å². The van der Waals surface area contributed by atoms with E-state index < -0.39 is 0 Å². The smallest absolute Gasteiger partial charge is 0.319 e. The normalized spacial score (nSPS) is 15.6. The van der Waals surface area contributed by atoms with Gasteiger partial charge < -0.3 is 10.6 Å². The molecule has 0 unspecified atom stereocenters. The van der Waals surface area contributed by atoms with Crippen molar-refractivity contribution in [1.82, 2.24) is 10.2 Å². The van der Waals surface area contributed by atoms with Gasteiger partial charge in [-0.05, 0) is 41.3 Å². The number of likely N-dealkylation sites (tertiary alicyclic amines) is 1. The van der Waals surface area contributed by atoms with Gasteiger partial charge >= 0.3 is 6.03 Å². The summed E-state index contributed by atoms with van der Waals surface area (Å²) in [6.07, 6.45) is 1.96. The molecule has 4 nitrogen and oxygen atoms in total. The number of rotatable bonds is 4. The third kappa shape index (κ3) is 4.47. The molecule has 0 radical (unpaired) electrons. The number of hydrogen-bond acceptors (Lipinski definition) is 2. The summed E-state index contributed by atoms with van der Waals surface area (Å²) < 4.78 is 0. The summed E-state index contributed by atoms with van der Waals surface area (Å²) in [6.45, 7) is 2.96. The Balaban J connectivity index is 1.29. The molecule has 4 heteroatoms. The molecule has 1 aliphatic rings. The van der Waals surface area contributed by atoms with Crippen molar-refractivity contribution < 1.29 is 4.79 Å². The number of nitrogens with one attached hydrogen (secondary N) is 2. The molecule has 1 saturated heterocycles. The van der Waals surface area contributed by atoms with Crippen LogP contribution < -0.4 is 10.6 Å². The maximum Gasteiger partial charge on any atom is 0.319 e. The molecule has 4 rings (SSSR count). The maximum absolute atomic E-state index is 12.2. The summed E-state index contributed by atoms with van der Waals surface area (Å²) in [5, 5.41) is 8.63. The van der Waals surface area contributed by atoms with Crippen molar-refractivity contribution in [2.75, 3.05) is 18.4 Å². The molecular formula is C23H25N3O. The number of carbonyl (C=O) groups is 1. The number of benzene rings is 3. The van der Waals surface area contributed by atoms with Crippen LogP contribution in [0.5, 0.6) is 0 Å². The van der Waals surface area contributed by atoms with E-state index >= 15 is 0 Å². The first kappa shape index (κ1) is 17.6. The lowest BCUT2D eigenvalue weighted by molar-refractivity contribution is 0.190. The number of piperidine rings is 1. The van der Waals surface area contributed by atoms with E-state index in [1.807, 2.05) is 30.3 Å². The number of carbonyl (C=O) groups excluding carboxylic acids is 1. The highest BCUT2D eigenvalue weighted by Crippen LogP contribution is 2.21. The second-order valence-corrected chi connectivity index (χ2v) is 7.15. The molecule has 2 N–H and O–H groups in total. The minimum Gasteiger partial charge on any atom is -0.335 e. The molecule has 0 aliphatic carbocycles. The Morgan fingerprint density at radius 3 is 2.41 bits per heavy atom. The van der Waals surface area contributed by atoms with E-state index in [9.17, 15) is 4.79 Å². The van der Waals surface area contributed by atoms with Gasteiger partial charge in [-0.3, -0.25) is 4.90 Å². The zero-order chi connectivity index (χ0) is 18.5. The van der Waals surface area contributed by atoms with Gasteiger partial charge in [0.1, 0.15) is 0 Å². The molecule has 0 atom stereocenters. The summed E-state index contributed by atoms with van der Waals surface area (Å²) in [5.74, 6) is 0. The van der Waals surface area contributed by atoms with Crippen LogP contribution in [0.25, 0.3) is 10.8 Å². The third-order valence-corrected chi connectivity index (χ3v) is 5.23. The van der Waals surface area contributed by atoms with Gasteiger partial charge in [0.05, 0.1) is 0 Å². The minimum absolute atomic E-state index is 0.117. The molecule has 0 spiro atoms. The summed E-state index contributed by atoms with van der Waals surface area (Å²) >= 11 is 0. The van der Waals surface area contributed by atoms with Crippen LogP contribution in [0.15, 0.2) is 72.8 Å². The Morgan fingerprint density at radius 2 is 1.59 bits per heavy atom. The highest BCUT2D eigenvalue weighted by Gasteiger charge is 2.21. The Morgan fingerprint density at radius 1 is 0.889 bits per heavy atom. The molecule has 1 heterocycles. The highest BCUT2D eigenvalue weighted by molar-refractivity contribution is 5.89. The molecule has 2 amide bonds. The van der Waals surface area contributed by atoms with Crippen LogP contribution in [0.3, 0.4) is 0 Å². The standard InChI is InChI=1S/C23H25N3O/c27-23(24-20-10-2-1-3-11-20)25-21-13-15-26(16-14-21)17-19-9-6-8-18-7-4-5-12-22(18)19/h1-12,21H,13-17H2,(H2,24,25,27). The SMILES string of the molecule is O=C(Nc1ccccc1)NC1CCN(Cc2cccc3ccccc23)CC1. The van der Waals surface area contributed by atoms with Crippen molar-refractivity contribution in [3.05, 3.63) is 78.4 Å². The number of fused-ring (bicyclic) bond motifs is 1. The van der Waals surface area contributed by atoms with Gasteiger partial charge in [-0.2, -0.15) is 0 Å². The molecule has 0 bridgehead atoms. The zero-order valence-corrected chi connectivity index (χ0v) is 15.4. The molecule has 0 saturated carbocycles. The van der Waals surface area contributed by atoms with Gasteiger partial charge in [0.25, 0.3) is 0 Å². The number of hydrogen-bond donors (Lipinski definition) is 2. The molecule has 1 fully saturated rings. The summed E-state index contributed by atoms with van der Waals surface area (Å²) in [4.78, 5) is 14.6. The summed E-state index contributed by atoms with van der Waals surface area (Å²) in [7, 11) is 0. The average Bonchev–Trinajstić information content (AvgIpc) is 2.70. The fourth-order valence-electron chi connectivity index (χ4n) is 3.78. The molecule has 27 heavy (non-hydrogen) atoms. The van der Waals surface area contributed by atoms with Crippen molar-refractivity contribution in [1.29, 1.82) is 0 Å². The van der Waals surface area contributed by atoms with Crippen LogP contribution >= 0.6 is 0 Å². The summed E-state index contributed by atoms with van der Waals surface area (Å²) in [5.41, 5.74) is 2.20. The average molecular weight is 359 g/mol. The lowest BCUT2D eigenvalue weighted by Gasteiger charge is -2.32. The van der Waals surface area contributed by atoms with Gasteiger partial charge in [-0.1, -0.05) is 60.7 Å². The van der Waals surface area contributed by atoms with Crippen LogP contribution in [0.4, 0.5) is 10.5 Å². The number of nitrogens with zero attached hydrogens (tertiary/aromatic N) is 1. The monoisotopic (exact) mass is 359 g/mol. The molecule has 0 aromatic heterocycles.